The summed E-state index contributed by atoms with van der Waals surface area (Å²) in [6, 6.07) is 1.54. The summed E-state index contributed by atoms with van der Waals surface area (Å²) in [6.45, 7) is 22.1. The Balaban J connectivity index is 0.000000358. The van der Waals surface area contributed by atoms with Crippen molar-refractivity contribution in [2.75, 3.05) is 24.7 Å². The second-order valence-corrected chi connectivity index (χ2v) is 28.9. The number of ether oxygens (including phenoxy) is 2. The molecule has 1 spiro atoms. The minimum Gasteiger partial charge on any atom is -0.414 e. The third-order valence-corrected chi connectivity index (χ3v) is 22.0. The highest BCUT2D eigenvalue weighted by molar-refractivity contribution is 8.00. The van der Waals surface area contributed by atoms with Crippen molar-refractivity contribution >= 4 is 44.3 Å². The lowest BCUT2D eigenvalue weighted by Crippen LogP contribution is -2.59. The zero-order chi connectivity index (χ0) is 41.0. The fourth-order valence-corrected chi connectivity index (χ4v) is 10.0. The molecule has 0 aromatic carbocycles. The summed E-state index contributed by atoms with van der Waals surface area (Å²) in [4.78, 5) is 40.9. The van der Waals surface area contributed by atoms with Crippen LogP contribution in [-0.2, 0) is 39.7 Å². The quantitative estimate of drug-likeness (QED) is 0.256. The summed E-state index contributed by atoms with van der Waals surface area (Å²) in [6.07, 6.45) is -0.710. The molecule has 1 unspecified atom stereocenters. The first-order chi connectivity index (χ1) is 24.6. The molecular weight excluding hydrogens is 777 g/mol. The molecule has 3 aliphatic heterocycles. The van der Waals surface area contributed by atoms with Gasteiger partial charge in [-0.15, -0.1) is 11.8 Å². The number of hydrogen-bond acceptors (Lipinski definition) is 15. The van der Waals surface area contributed by atoms with Crippen molar-refractivity contribution in [2.45, 2.75) is 120 Å². The van der Waals surface area contributed by atoms with Gasteiger partial charge < -0.3 is 34.9 Å². The molecule has 304 valence electrons. The summed E-state index contributed by atoms with van der Waals surface area (Å²) in [7, 11) is -7.77. The van der Waals surface area contributed by atoms with Crippen molar-refractivity contribution in [3.63, 3.8) is 0 Å². The van der Waals surface area contributed by atoms with Crippen LogP contribution in [0.4, 0.5) is 5.82 Å². The molecule has 5 N–H and O–H groups in total. The van der Waals surface area contributed by atoms with Gasteiger partial charge in [0.2, 0.25) is 0 Å². The number of aromatic nitrogens is 4. The van der Waals surface area contributed by atoms with Crippen molar-refractivity contribution in [2.24, 2.45) is 12.8 Å². The van der Waals surface area contributed by atoms with Gasteiger partial charge >= 0.3 is 11.4 Å². The Morgan fingerprint density at radius 1 is 1.04 bits per heavy atom. The number of aliphatic hydroxyl groups is 1. The van der Waals surface area contributed by atoms with Gasteiger partial charge in [0.05, 0.1) is 24.3 Å². The van der Waals surface area contributed by atoms with E-state index in [1.807, 2.05) is 33.9 Å². The number of anilines is 1. The molecule has 54 heavy (non-hydrogen) atoms. The average molecular weight is 833 g/mol. The summed E-state index contributed by atoms with van der Waals surface area (Å²) < 4.78 is 60.4. The lowest BCUT2D eigenvalue weighted by molar-refractivity contribution is -0.0566. The van der Waals surface area contributed by atoms with E-state index in [9.17, 15) is 22.8 Å². The van der Waals surface area contributed by atoms with Gasteiger partial charge in [-0.05, 0) is 49.3 Å². The van der Waals surface area contributed by atoms with E-state index in [1.54, 1.807) is 19.2 Å². The zero-order valence-electron chi connectivity index (χ0n) is 33.1. The number of nitrogens with zero attached hydrogens (tertiary/aromatic N) is 4. The van der Waals surface area contributed by atoms with E-state index in [1.165, 1.54) is 34.1 Å². The molecule has 21 heteroatoms. The largest absolute Gasteiger partial charge is 0.414 e. The van der Waals surface area contributed by atoms with Crippen LogP contribution in [0.5, 0.6) is 0 Å². The first-order valence-corrected chi connectivity index (χ1v) is 25.8. The van der Waals surface area contributed by atoms with Crippen molar-refractivity contribution in [1.82, 2.24) is 18.7 Å². The van der Waals surface area contributed by atoms with Gasteiger partial charge in [-0.2, -0.15) is 13.4 Å². The maximum absolute atomic E-state index is 13.4. The highest BCUT2D eigenvalue weighted by atomic mass is 32.2. The van der Waals surface area contributed by atoms with Crippen molar-refractivity contribution in [3.8, 4) is 0 Å². The molecule has 2 saturated heterocycles. The third kappa shape index (κ3) is 8.69. The maximum atomic E-state index is 13.4. The van der Waals surface area contributed by atoms with Gasteiger partial charge in [0.25, 0.3) is 15.7 Å². The Labute approximate surface area is 322 Å². The third-order valence-electron chi connectivity index (χ3n) is 10.9. The van der Waals surface area contributed by atoms with E-state index >= 15 is 0 Å². The van der Waals surface area contributed by atoms with E-state index in [4.69, 9.17) is 39.1 Å². The molecule has 0 radical (unpaired) electrons. The predicted octanol–water partition coefficient (Wildman–Crippen LogP) is 2.47. The highest BCUT2D eigenvalue weighted by Crippen LogP contribution is 2.52. The monoisotopic (exact) mass is 832 g/mol. The van der Waals surface area contributed by atoms with Gasteiger partial charge in [-0.3, -0.25) is 18.5 Å². The normalized spacial score (nSPS) is 27.2. The van der Waals surface area contributed by atoms with Crippen molar-refractivity contribution < 1.29 is 36.0 Å². The van der Waals surface area contributed by atoms with Crippen LogP contribution < -0.4 is 28.4 Å². The van der Waals surface area contributed by atoms with E-state index in [-0.39, 0.29) is 46.5 Å². The SMILES string of the molecule is Cc1cn([C@@H]2O[C@H](CO[Si](C)(C)C(C)(C)C)C3(OS(=O)(=O)C=C3N)[C@H]2O[Si](C)(C)C(C)(C)C)c(=O)n(C)c1=O.Nc1ccn([C@@H]2CS[C@H](CO)O2)c(=O)n1. The lowest BCUT2D eigenvalue weighted by atomic mass is 9.89. The molecule has 2 fully saturated rings. The Morgan fingerprint density at radius 2 is 1.65 bits per heavy atom. The Bertz CT molecular complexity index is 2040. The fraction of sp³-hybridized carbons (Fsp3) is 0.697. The van der Waals surface area contributed by atoms with E-state index in [0.717, 1.165) is 9.98 Å². The van der Waals surface area contributed by atoms with Crippen molar-refractivity contribution in [1.29, 1.82) is 0 Å². The zero-order valence-corrected chi connectivity index (χ0v) is 36.7. The smallest absolute Gasteiger partial charge is 0.351 e. The first kappa shape index (κ1) is 44.1. The van der Waals surface area contributed by atoms with Crippen LogP contribution in [0.2, 0.25) is 36.3 Å². The molecule has 0 saturated carbocycles. The van der Waals surface area contributed by atoms with Crippen molar-refractivity contribution in [3.05, 3.63) is 66.5 Å². The highest BCUT2D eigenvalue weighted by Gasteiger charge is 2.67. The average Bonchev–Trinajstić information content (AvgIpc) is 3.70. The van der Waals surface area contributed by atoms with Crippen LogP contribution in [0.25, 0.3) is 0 Å². The van der Waals surface area contributed by atoms with E-state index in [2.05, 4.69) is 38.8 Å². The molecule has 0 aliphatic carbocycles. The molecule has 6 atom stereocenters. The van der Waals surface area contributed by atoms with E-state index in [0.29, 0.717) is 11.3 Å². The summed E-state index contributed by atoms with van der Waals surface area (Å²) in [5, 5.41) is 9.34. The van der Waals surface area contributed by atoms with Gasteiger partial charge in [-0.1, -0.05) is 41.5 Å². The van der Waals surface area contributed by atoms with Gasteiger partial charge in [0.15, 0.2) is 28.5 Å². The molecule has 2 aromatic rings. The fourth-order valence-electron chi connectivity index (χ4n) is 5.57. The Hall–Kier alpha value is -2.61. The van der Waals surface area contributed by atoms with Crippen LogP contribution in [0.15, 0.2) is 43.9 Å². The second kappa shape index (κ2) is 15.4. The van der Waals surface area contributed by atoms with Gasteiger partial charge in [-0.25, -0.2) is 13.8 Å². The van der Waals surface area contributed by atoms with Gasteiger partial charge in [0, 0.05) is 30.8 Å². The van der Waals surface area contributed by atoms with E-state index < -0.39 is 67.7 Å². The maximum Gasteiger partial charge on any atom is 0.351 e. The second-order valence-electron chi connectivity index (χ2n) is 16.8. The molecule has 5 heterocycles. The summed E-state index contributed by atoms with van der Waals surface area (Å²) in [5.41, 5.74) is 8.53. The number of hydrogen-bond donors (Lipinski definition) is 3. The van der Waals surface area contributed by atoms with Crippen LogP contribution >= 0.6 is 11.8 Å². The summed E-state index contributed by atoms with van der Waals surface area (Å²) in [5.74, 6) is 0.817. The minimum absolute atomic E-state index is 0.0338. The number of aryl methyl sites for hydroxylation is 1. The Kier molecular flexibility index (Phi) is 12.6. The van der Waals surface area contributed by atoms with Crippen LogP contribution in [0.3, 0.4) is 0 Å². The Morgan fingerprint density at radius 3 is 2.15 bits per heavy atom. The number of aliphatic hydroxyl groups excluding tert-OH is 1. The summed E-state index contributed by atoms with van der Waals surface area (Å²) >= 11 is 1.47. The van der Waals surface area contributed by atoms with Crippen LogP contribution in [0.1, 0.15) is 59.6 Å². The molecule has 0 amide bonds. The van der Waals surface area contributed by atoms with Crippen LogP contribution in [-0.4, -0.2) is 91.1 Å². The number of nitrogens with two attached hydrogens (primary N) is 2. The van der Waals surface area contributed by atoms with Crippen LogP contribution in [0, 0.1) is 6.92 Å². The number of thioether (sulfide) groups is 1. The first-order valence-electron chi connectivity index (χ1n) is 17.5. The molecule has 0 bridgehead atoms. The van der Waals surface area contributed by atoms with Gasteiger partial charge in [0.1, 0.15) is 29.7 Å². The molecular formula is C33H56N6O11S2Si2. The lowest BCUT2D eigenvalue weighted by Gasteiger charge is -2.43. The standard InChI is InChI=1S/C25H45N3O8SSi2.C8H11N3O3S/c1-16-13-28(22(30)27(8)20(16)29)21-19(35-39(11,12)24(5,6)7)25(17(26)15-37(31,32)36-25)18(34-21)14-33-38(9,10)23(2,3)4;9-5-1-2-11(8(13)10-5)6-4-15-7(3-12)14-6/h13,15,18-19,21H,14,26H2,1-12H3;1-2,6-7,12H,3-4H2,(H2,9,10,13)/t18-,19+,21-,25?;6-,7+/m10/s1. The predicted molar refractivity (Wildman–Crippen MR) is 211 cm³/mol. The molecule has 17 nitrogen and oxygen atoms in total. The minimum atomic E-state index is -4.18. The molecule has 2 aromatic heterocycles. The molecule has 3 aliphatic rings. The number of nitrogen functional groups attached to an aromatic ring is 1. The number of rotatable bonds is 8. The topological polar surface area (TPSA) is 231 Å². The molecule has 5 rings (SSSR count).